The van der Waals surface area contributed by atoms with Gasteiger partial charge in [-0.2, -0.15) is 0 Å². The first-order chi connectivity index (χ1) is 8.79. The SMILES string of the molecule is O=C(NCCC1CCCO1)c1ccc(CBr)cc1. The van der Waals surface area contributed by atoms with Crippen molar-refractivity contribution in [2.24, 2.45) is 0 Å². The van der Waals surface area contributed by atoms with Gasteiger partial charge in [0, 0.05) is 24.0 Å². The van der Waals surface area contributed by atoms with Crippen LogP contribution in [0.15, 0.2) is 24.3 Å². The molecule has 1 amide bonds. The van der Waals surface area contributed by atoms with Gasteiger partial charge in [0.25, 0.3) is 5.91 Å². The molecule has 1 heterocycles. The molecule has 1 saturated heterocycles. The minimum absolute atomic E-state index is 0.00545. The van der Waals surface area contributed by atoms with Gasteiger partial charge in [-0.1, -0.05) is 28.1 Å². The maximum absolute atomic E-state index is 11.9. The number of halogens is 1. The Morgan fingerprint density at radius 2 is 2.17 bits per heavy atom. The summed E-state index contributed by atoms with van der Waals surface area (Å²) in [6, 6.07) is 7.64. The number of alkyl halides is 1. The minimum Gasteiger partial charge on any atom is -0.378 e. The Morgan fingerprint density at radius 3 is 2.78 bits per heavy atom. The monoisotopic (exact) mass is 311 g/mol. The van der Waals surface area contributed by atoms with Crippen molar-refractivity contribution in [1.29, 1.82) is 0 Å². The van der Waals surface area contributed by atoms with Gasteiger partial charge in [-0.05, 0) is 37.0 Å². The van der Waals surface area contributed by atoms with Crippen LogP contribution in [0.1, 0.15) is 35.2 Å². The van der Waals surface area contributed by atoms with Crippen LogP contribution in [0.3, 0.4) is 0 Å². The lowest BCUT2D eigenvalue weighted by molar-refractivity contribution is 0.0907. The van der Waals surface area contributed by atoms with Crippen molar-refractivity contribution in [1.82, 2.24) is 5.32 Å². The van der Waals surface area contributed by atoms with Gasteiger partial charge in [0.15, 0.2) is 0 Å². The first-order valence-corrected chi connectivity index (χ1v) is 7.46. The molecule has 2 rings (SSSR count). The highest BCUT2D eigenvalue weighted by molar-refractivity contribution is 9.08. The minimum atomic E-state index is -0.00545. The molecule has 1 fully saturated rings. The second-order valence-electron chi connectivity index (χ2n) is 4.51. The van der Waals surface area contributed by atoms with E-state index in [0.717, 1.165) is 31.2 Å². The second kappa shape index (κ2) is 6.90. The normalized spacial score (nSPS) is 18.8. The molecule has 0 spiro atoms. The number of benzene rings is 1. The lowest BCUT2D eigenvalue weighted by Crippen LogP contribution is -2.26. The Kier molecular flexibility index (Phi) is 5.20. The molecule has 1 aliphatic heterocycles. The van der Waals surface area contributed by atoms with E-state index in [1.807, 2.05) is 24.3 Å². The number of rotatable bonds is 5. The first-order valence-electron chi connectivity index (χ1n) is 6.34. The molecule has 0 aliphatic carbocycles. The predicted molar refractivity (Wildman–Crippen MR) is 75.0 cm³/mol. The van der Waals surface area contributed by atoms with Crippen molar-refractivity contribution < 1.29 is 9.53 Å². The van der Waals surface area contributed by atoms with E-state index in [-0.39, 0.29) is 5.91 Å². The van der Waals surface area contributed by atoms with E-state index >= 15 is 0 Å². The molecule has 1 aliphatic rings. The van der Waals surface area contributed by atoms with Gasteiger partial charge in [0.05, 0.1) is 6.10 Å². The summed E-state index contributed by atoms with van der Waals surface area (Å²) in [6.07, 6.45) is 3.51. The predicted octanol–water partition coefficient (Wildman–Crippen LogP) is 2.88. The molecular formula is C14H18BrNO2. The molecule has 1 N–H and O–H groups in total. The van der Waals surface area contributed by atoms with Crippen LogP contribution in [0.2, 0.25) is 0 Å². The lowest BCUT2D eigenvalue weighted by Gasteiger charge is -2.10. The van der Waals surface area contributed by atoms with Crippen molar-refractivity contribution in [3.8, 4) is 0 Å². The van der Waals surface area contributed by atoms with Crippen LogP contribution in [0.25, 0.3) is 0 Å². The fourth-order valence-electron chi connectivity index (χ4n) is 2.07. The quantitative estimate of drug-likeness (QED) is 0.849. The zero-order chi connectivity index (χ0) is 12.8. The summed E-state index contributed by atoms with van der Waals surface area (Å²) in [5, 5.41) is 3.75. The van der Waals surface area contributed by atoms with Crippen LogP contribution in [0, 0.1) is 0 Å². The van der Waals surface area contributed by atoms with E-state index in [1.54, 1.807) is 0 Å². The van der Waals surface area contributed by atoms with Gasteiger partial charge in [0.1, 0.15) is 0 Å². The molecule has 1 unspecified atom stereocenters. The molecule has 18 heavy (non-hydrogen) atoms. The van der Waals surface area contributed by atoms with Gasteiger partial charge in [-0.15, -0.1) is 0 Å². The highest BCUT2D eigenvalue weighted by Crippen LogP contribution is 2.14. The highest BCUT2D eigenvalue weighted by Gasteiger charge is 2.15. The number of nitrogens with one attached hydrogen (secondary N) is 1. The van der Waals surface area contributed by atoms with Crippen molar-refractivity contribution in [3.05, 3.63) is 35.4 Å². The summed E-state index contributed by atoms with van der Waals surface area (Å²) in [7, 11) is 0. The van der Waals surface area contributed by atoms with Gasteiger partial charge in [-0.25, -0.2) is 0 Å². The molecule has 0 bridgehead atoms. The zero-order valence-electron chi connectivity index (χ0n) is 10.3. The maximum Gasteiger partial charge on any atom is 0.251 e. The Balaban J connectivity index is 1.76. The Labute approximate surface area is 116 Å². The Morgan fingerprint density at radius 1 is 1.39 bits per heavy atom. The van der Waals surface area contributed by atoms with Crippen LogP contribution in [-0.2, 0) is 10.1 Å². The summed E-state index contributed by atoms with van der Waals surface area (Å²) in [5.41, 5.74) is 1.89. The number of carbonyl (C=O) groups excluding carboxylic acids is 1. The van der Waals surface area contributed by atoms with E-state index in [1.165, 1.54) is 5.56 Å². The Hall–Kier alpha value is -0.870. The molecule has 0 aromatic heterocycles. The summed E-state index contributed by atoms with van der Waals surface area (Å²) in [6.45, 7) is 1.55. The standard InChI is InChI=1S/C14H18BrNO2/c15-10-11-3-5-12(6-4-11)14(17)16-8-7-13-2-1-9-18-13/h3-6,13H,1-2,7-10H2,(H,16,17). The van der Waals surface area contributed by atoms with E-state index in [9.17, 15) is 4.79 Å². The van der Waals surface area contributed by atoms with Crippen molar-refractivity contribution in [3.63, 3.8) is 0 Å². The van der Waals surface area contributed by atoms with Gasteiger partial charge in [0.2, 0.25) is 0 Å². The molecule has 0 radical (unpaired) electrons. The maximum atomic E-state index is 11.9. The van der Waals surface area contributed by atoms with Crippen molar-refractivity contribution in [2.45, 2.75) is 30.7 Å². The molecule has 98 valence electrons. The molecule has 0 saturated carbocycles. The van der Waals surface area contributed by atoms with Gasteiger partial charge < -0.3 is 10.1 Å². The molecule has 3 nitrogen and oxygen atoms in total. The summed E-state index contributed by atoms with van der Waals surface area (Å²) >= 11 is 3.38. The fourth-order valence-corrected chi connectivity index (χ4v) is 2.44. The van der Waals surface area contributed by atoms with Gasteiger partial charge >= 0.3 is 0 Å². The number of ether oxygens (including phenoxy) is 1. The molecule has 1 aromatic rings. The molecule has 1 atom stereocenters. The summed E-state index contributed by atoms with van der Waals surface area (Å²) in [5.74, 6) is -0.00545. The summed E-state index contributed by atoms with van der Waals surface area (Å²) < 4.78 is 5.51. The zero-order valence-corrected chi connectivity index (χ0v) is 11.9. The van der Waals surface area contributed by atoms with Crippen LogP contribution >= 0.6 is 15.9 Å². The number of carbonyl (C=O) groups is 1. The van der Waals surface area contributed by atoms with Crippen LogP contribution in [-0.4, -0.2) is 25.2 Å². The Bertz CT molecular complexity index is 385. The number of hydrogen-bond donors (Lipinski definition) is 1. The summed E-state index contributed by atoms with van der Waals surface area (Å²) in [4.78, 5) is 11.9. The average Bonchev–Trinajstić information content (AvgIpc) is 2.92. The first kappa shape index (κ1) is 13.6. The number of amides is 1. The van der Waals surface area contributed by atoms with Crippen LogP contribution < -0.4 is 5.32 Å². The smallest absolute Gasteiger partial charge is 0.251 e. The third-order valence-electron chi connectivity index (χ3n) is 3.15. The highest BCUT2D eigenvalue weighted by atomic mass is 79.9. The van der Waals surface area contributed by atoms with Gasteiger partial charge in [-0.3, -0.25) is 4.79 Å². The average molecular weight is 312 g/mol. The topological polar surface area (TPSA) is 38.3 Å². The number of hydrogen-bond acceptors (Lipinski definition) is 2. The molecular weight excluding hydrogens is 294 g/mol. The fraction of sp³-hybridized carbons (Fsp3) is 0.500. The second-order valence-corrected chi connectivity index (χ2v) is 5.07. The van der Waals surface area contributed by atoms with Crippen LogP contribution in [0.5, 0.6) is 0 Å². The third-order valence-corrected chi connectivity index (χ3v) is 3.79. The van der Waals surface area contributed by atoms with Crippen molar-refractivity contribution in [2.75, 3.05) is 13.2 Å². The third kappa shape index (κ3) is 3.82. The van der Waals surface area contributed by atoms with E-state index in [2.05, 4.69) is 21.2 Å². The van der Waals surface area contributed by atoms with Crippen LogP contribution in [0.4, 0.5) is 0 Å². The van der Waals surface area contributed by atoms with Crippen molar-refractivity contribution >= 4 is 21.8 Å². The largest absolute Gasteiger partial charge is 0.378 e. The van der Waals surface area contributed by atoms with E-state index in [4.69, 9.17) is 4.74 Å². The van der Waals surface area contributed by atoms with E-state index < -0.39 is 0 Å². The molecule has 4 heteroatoms. The molecule has 1 aromatic carbocycles. The van der Waals surface area contributed by atoms with E-state index in [0.29, 0.717) is 18.2 Å². The lowest BCUT2D eigenvalue weighted by atomic mass is 10.1.